The van der Waals surface area contributed by atoms with Crippen molar-refractivity contribution < 1.29 is 29.0 Å². The topological polar surface area (TPSA) is 58.2 Å². The number of rotatable bonds is 5. The Morgan fingerprint density at radius 1 is 0.773 bits per heavy atom. The number of carbonyl (C=O) groups excluding carboxylic acids is 2. The van der Waals surface area contributed by atoms with Crippen LogP contribution in [0, 0.1) is 0 Å². The number of halogens is 2. The predicted molar refractivity (Wildman–Crippen MR) is 85.6 cm³/mol. The Balaban J connectivity index is 2.08. The van der Waals surface area contributed by atoms with Gasteiger partial charge in [-0.15, -0.1) is 0 Å². The second kappa shape index (κ2) is 8.47. The fourth-order valence-electron chi connectivity index (χ4n) is 1.79. The minimum atomic E-state index is -3.15. The molecule has 0 saturated carbocycles. The van der Waals surface area contributed by atoms with Crippen LogP contribution in [0.3, 0.4) is 0 Å². The second-order valence-corrected chi connectivity index (χ2v) is 13.2. The molecular formula is C15H13Cl2N2O2Zr. The molecule has 0 aliphatic heterocycles. The molecule has 0 bridgehead atoms. The summed E-state index contributed by atoms with van der Waals surface area (Å²) in [6.07, 6.45) is 0. The van der Waals surface area contributed by atoms with Crippen LogP contribution in [0.25, 0.3) is 0 Å². The number of amides is 2. The number of hydrogen-bond donors (Lipinski definition) is 2. The van der Waals surface area contributed by atoms with Crippen LogP contribution in [-0.2, 0) is 29.0 Å². The van der Waals surface area contributed by atoms with Crippen molar-refractivity contribution in [2.45, 2.75) is 3.63 Å². The van der Waals surface area contributed by atoms with Gasteiger partial charge >= 0.3 is 144 Å². The van der Waals surface area contributed by atoms with E-state index in [-0.39, 0.29) is 0 Å². The molecule has 2 aromatic carbocycles. The van der Waals surface area contributed by atoms with E-state index in [9.17, 15) is 9.59 Å². The van der Waals surface area contributed by atoms with Crippen molar-refractivity contribution >= 4 is 40.2 Å². The van der Waals surface area contributed by atoms with Crippen molar-refractivity contribution in [1.82, 2.24) is 0 Å². The summed E-state index contributed by atoms with van der Waals surface area (Å²) in [7, 11) is 12.0. The molecule has 0 radical (unpaired) electrons. The van der Waals surface area contributed by atoms with Gasteiger partial charge in [0.15, 0.2) is 0 Å². The molecule has 0 heterocycles. The van der Waals surface area contributed by atoms with Crippen molar-refractivity contribution in [1.29, 1.82) is 0 Å². The van der Waals surface area contributed by atoms with E-state index in [0.29, 0.717) is 11.4 Å². The molecule has 0 unspecified atom stereocenters. The van der Waals surface area contributed by atoms with Crippen LogP contribution in [0.5, 0.6) is 0 Å². The zero-order valence-corrected chi connectivity index (χ0v) is 15.4. The van der Waals surface area contributed by atoms with Crippen molar-refractivity contribution in [3.05, 3.63) is 60.7 Å². The van der Waals surface area contributed by atoms with Crippen molar-refractivity contribution in [2.24, 2.45) is 0 Å². The van der Waals surface area contributed by atoms with Gasteiger partial charge in [-0.2, -0.15) is 0 Å². The molecule has 0 aromatic heterocycles. The minimum absolute atomic E-state index is 0.473. The molecule has 0 aliphatic carbocycles. The van der Waals surface area contributed by atoms with Gasteiger partial charge in [0.25, 0.3) is 0 Å². The molecule has 0 aliphatic rings. The van der Waals surface area contributed by atoms with Gasteiger partial charge in [0, 0.05) is 0 Å². The summed E-state index contributed by atoms with van der Waals surface area (Å²) in [5.74, 6) is -0.946. The molecule has 0 saturated heterocycles. The first kappa shape index (κ1) is 17.2. The van der Waals surface area contributed by atoms with E-state index in [4.69, 9.17) is 17.0 Å². The van der Waals surface area contributed by atoms with E-state index >= 15 is 0 Å². The zero-order chi connectivity index (χ0) is 15.9. The fraction of sp³-hybridized carbons (Fsp3) is 0.0667. The molecule has 4 nitrogen and oxygen atoms in total. The fourth-order valence-corrected chi connectivity index (χ4v) is 5.46. The van der Waals surface area contributed by atoms with E-state index in [0.717, 1.165) is 0 Å². The second-order valence-electron chi connectivity index (χ2n) is 4.43. The summed E-state index contributed by atoms with van der Waals surface area (Å²) in [6, 6.07) is 17.7. The van der Waals surface area contributed by atoms with Gasteiger partial charge in [0.05, 0.1) is 0 Å². The number of benzene rings is 2. The molecule has 2 amide bonds. The monoisotopic (exact) mass is 413 g/mol. The molecule has 2 N–H and O–H groups in total. The molecule has 2 aromatic rings. The molecule has 22 heavy (non-hydrogen) atoms. The summed E-state index contributed by atoms with van der Waals surface area (Å²) in [6.45, 7) is 0. The Morgan fingerprint density at radius 2 is 1.14 bits per heavy atom. The molecule has 113 valence electrons. The zero-order valence-electron chi connectivity index (χ0n) is 11.4. The van der Waals surface area contributed by atoms with Crippen LogP contribution in [0.2, 0.25) is 3.63 Å². The number of nitrogens with one attached hydrogen (secondary N) is 2. The quantitative estimate of drug-likeness (QED) is 0.726. The Bertz CT molecular complexity index is 585. The third-order valence-corrected chi connectivity index (χ3v) is 7.77. The van der Waals surface area contributed by atoms with E-state index in [1.165, 1.54) is 0 Å². The average molecular weight is 415 g/mol. The summed E-state index contributed by atoms with van der Waals surface area (Å²) >= 11 is -3.15. The first-order chi connectivity index (χ1) is 10.6. The van der Waals surface area contributed by atoms with Crippen LogP contribution in [0.4, 0.5) is 11.4 Å². The van der Waals surface area contributed by atoms with Crippen LogP contribution >= 0.6 is 17.0 Å². The summed E-state index contributed by atoms with van der Waals surface area (Å²) in [4.78, 5) is 24.6. The van der Waals surface area contributed by atoms with Crippen LogP contribution in [0.1, 0.15) is 0 Å². The maximum atomic E-state index is 12.3. The predicted octanol–water partition coefficient (Wildman–Crippen LogP) is 3.98. The Kier molecular flexibility index (Phi) is 6.62. The standard InChI is InChI=1S/C15H13N2O2.2ClH.Zr/c18-14(16-12-7-3-1-4-8-12)11-15(19)17-13-9-5-2-6-10-13;;;/h1-11H,(H,16,18)(H,17,19);2*1H;/q;;;+2/p-2. The Hall–Kier alpha value is -1.16. The third-order valence-electron chi connectivity index (χ3n) is 2.83. The van der Waals surface area contributed by atoms with Crippen LogP contribution in [0.15, 0.2) is 60.7 Å². The van der Waals surface area contributed by atoms with Crippen molar-refractivity contribution in [2.75, 3.05) is 10.6 Å². The van der Waals surface area contributed by atoms with E-state index in [2.05, 4.69) is 10.6 Å². The van der Waals surface area contributed by atoms with Crippen molar-refractivity contribution in [3.8, 4) is 0 Å². The van der Waals surface area contributed by atoms with Gasteiger partial charge in [-0.25, -0.2) is 0 Å². The van der Waals surface area contributed by atoms with Gasteiger partial charge in [-0.05, 0) is 0 Å². The Labute approximate surface area is 143 Å². The number of para-hydroxylation sites is 2. The number of anilines is 2. The molecule has 7 heteroatoms. The molecular weight excluding hydrogens is 402 g/mol. The Morgan fingerprint density at radius 3 is 1.45 bits per heavy atom. The van der Waals surface area contributed by atoms with Crippen LogP contribution < -0.4 is 10.6 Å². The third kappa shape index (κ3) is 4.94. The summed E-state index contributed by atoms with van der Waals surface area (Å²) in [5.41, 5.74) is 1.20. The van der Waals surface area contributed by atoms with E-state index in [1.807, 2.05) is 12.1 Å². The first-order valence-electron chi connectivity index (χ1n) is 6.47. The first-order valence-corrected chi connectivity index (χ1v) is 14.2. The summed E-state index contributed by atoms with van der Waals surface area (Å²) in [5, 5.41) is 5.34. The van der Waals surface area contributed by atoms with Crippen molar-refractivity contribution in [3.63, 3.8) is 0 Å². The number of carbonyl (C=O) groups is 2. The molecule has 0 spiro atoms. The maximum absolute atomic E-state index is 12.3. The van der Waals surface area contributed by atoms with Gasteiger partial charge < -0.3 is 0 Å². The van der Waals surface area contributed by atoms with Gasteiger partial charge in [-0.3, -0.25) is 0 Å². The number of hydrogen-bond acceptors (Lipinski definition) is 2. The van der Waals surface area contributed by atoms with E-state index in [1.54, 1.807) is 48.5 Å². The van der Waals surface area contributed by atoms with Gasteiger partial charge in [-0.1, -0.05) is 0 Å². The SMILES string of the molecule is O=C(Nc1ccccc1)[CH](C(=O)Nc1ccccc1)[Zr]([Cl])[Cl]. The van der Waals surface area contributed by atoms with Gasteiger partial charge in [0.1, 0.15) is 0 Å². The van der Waals surface area contributed by atoms with Gasteiger partial charge in [0.2, 0.25) is 0 Å². The van der Waals surface area contributed by atoms with Crippen LogP contribution in [-0.4, -0.2) is 11.8 Å². The average Bonchev–Trinajstić information content (AvgIpc) is 2.48. The molecule has 0 fully saturated rings. The van der Waals surface area contributed by atoms with E-state index < -0.39 is 34.8 Å². The molecule has 2 rings (SSSR count). The molecule has 0 atom stereocenters. The normalized spacial score (nSPS) is 10.1. The summed E-state index contributed by atoms with van der Waals surface area (Å²) < 4.78 is -1.02.